The van der Waals surface area contributed by atoms with Crippen molar-refractivity contribution in [1.29, 1.82) is 0 Å². The SMILES string of the molecule is CN1CCCC1c1nc2c(C=O)cccn2n1. The molecule has 0 saturated carbocycles. The zero-order valence-electron chi connectivity index (χ0n) is 9.71. The summed E-state index contributed by atoms with van der Waals surface area (Å²) in [5, 5.41) is 4.46. The summed E-state index contributed by atoms with van der Waals surface area (Å²) in [5.41, 5.74) is 1.24. The summed E-state index contributed by atoms with van der Waals surface area (Å²) in [4.78, 5) is 17.7. The molecule has 3 heterocycles. The van der Waals surface area contributed by atoms with Crippen LogP contribution in [-0.4, -0.2) is 39.4 Å². The Hall–Kier alpha value is -1.75. The van der Waals surface area contributed by atoms with Crippen LogP contribution in [0, 0.1) is 0 Å². The maximum Gasteiger partial charge on any atom is 0.168 e. The molecule has 1 unspecified atom stereocenters. The monoisotopic (exact) mass is 230 g/mol. The minimum atomic E-state index is 0.286. The average molecular weight is 230 g/mol. The van der Waals surface area contributed by atoms with Crippen molar-refractivity contribution < 1.29 is 4.79 Å². The van der Waals surface area contributed by atoms with Gasteiger partial charge in [-0.25, -0.2) is 9.50 Å². The molecule has 2 aromatic heterocycles. The Morgan fingerprint density at radius 2 is 2.41 bits per heavy atom. The van der Waals surface area contributed by atoms with E-state index in [0.29, 0.717) is 11.2 Å². The summed E-state index contributed by atoms with van der Waals surface area (Å²) in [6, 6.07) is 3.86. The molecule has 17 heavy (non-hydrogen) atoms. The fourth-order valence-electron chi connectivity index (χ4n) is 2.41. The van der Waals surface area contributed by atoms with E-state index in [1.807, 2.05) is 12.3 Å². The minimum Gasteiger partial charge on any atom is -0.298 e. The topological polar surface area (TPSA) is 50.5 Å². The molecule has 0 radical (unpaired) electrons. The van der Waals surface area contributed by atoms with Crippen molar-refractivity contribution in [2.75, 3.05) is 13.6 Å². The second kappa shape index (κ2) is 3.92. The van der Waals surface area contributed by atoms with Crippen molar-refractivity contribution >= 4 is 11.9 Å². The number of nitrogens with zero attached hydrogens (tertiary/aromatic N) is 4. The molecule has 0 aromatic carbocycles. The van der Waals surface area contributed by atoms with Gasteiger partial charge in [0.1, 0.15) is 0 Å². The first kappa shape index (κ1) is 10.4. The fourth-order valence-corrected chi connectivity index (χ4v) is 2.41. The van der Waals surface area contributed by atoms with Crippen LogP contribution in [0.5, 0.6) is 0 Å². The number of carbonyl (C=O) groups excluding carboxylic acids is 1. The molecule has 5 nitrogen and oxygen atoms in total. The number of carbonyl (C=O) groups is 1. The molecule has 1 aliphatic heterocycles. The first-order valence-corrected chi connectivity index (χ1v) is 5.80. The van der Waals surface area contributed by atoms with Crippen LogP contribution >= 0.6 is 0 Å². The van der Waals surface area contributed by atoms with Crippen molar-refractivity contribution in [2.45, 2.75) is 18.9 Å². The molecule has 0 bridgehead atoms. The van der Waals surface area contributed by atoms with E-state index in [-0.39, 0.29) is 6.04 Å². The summed E-state index contributed by atoms with van der Waals surface area (Å²) >= 11 is 0. The Kier molecular flexibility index (Phi) is 2.40. The lowest BCUT2D eigenvalue weighted by molar-refractivity contribution is 0.112. The Morgan fingerprint density at radius 3 is 3.12 bits per heavy atom. The summed E-state index contributed by atoms with van der Waals surface area (Å²) in [5.74, 6) is 0.819. The lowest BCUT2D eigenvalue weighted by atomic mass is 10.2. The Morgan fingerprint density at radius 1 is 1.53 bits per heavy atom. The smallest absolute Gasteiger partial charge is 0.168 e. The average Bonchev–Trinajstić information content (AvgIpc) is 2.93. The van der Waals surface area contributed by atoms with Crippen molar-refractivity contribution in [1.82, 2.24) is 19.5 Å². The van der Waals surface area contributed by atoms with Crippen LogP contribution in [0.4, 0.5) is 0 Å². The van der Waals surface area contributed by atoms with Crippen LogP contribution < -0.4 is 0 Å². The normalized spacial score (nSPS) is 21.1. The van der Waals surface area contributed by atoms with Crippen LogP contribution in [0.15, 0.2) is 18.3 Å². The van der Waals surface area contributed by atoms with Gasteiger partial charge in [-0.3, -0.25) is 9.69 Å². The summed E-state index contributed by atoms with van der Waals surface area (Å²) in [6.45, 7) is 1.08. The molecular weight excluding hydrogens is 216 g/mol. The first-order chi connectivity index (χ1) is 8.29. The van der Waals surface area contributed by atoms with Gasteiger partial charge in [0, 0.05) is 6.20 Å². The van der Waals surface area contributed by atoms with E-state index in [9.17, 15) is 4.79 Å². The van der Waals surface area contributed by atoms with Crippen LogP contribution in [0.3, 0.4) is 0 Å². The largest absolute Gasteiger partial charge is 0.298 e. The third-order valence-electron chi connectivity index (χ3n) is 3.35. The maximum atomic E-state index is 10.9. The highest BCUT2D eigenvalue weighted by Crippen LogP contribution is 2.28. The van der Waals surface area contributed by atoms with Gasteiger partial charge >= 0.3 is 0 Å². The number of aldehydes is 1. The molecule has 0 amide bonds. The molecule has 2 aromatic rings. The highest BCUT2D eigenvalue weighted by atomic mass is 16.1. The van der Waals surface area contributed by atoms with E-state index in [4.69, 9.17) is 0 Å². The molecule has 1 atom stereocenters. The zero-order chi connectivity index (χ0) is 11.8. The molecule has 1 saturated heterocycles. The standard InChI is InChI=1S/C12H14N4O/c1-15-6-3-5-10(15)11-13-12-9(8-17)4-2-7-16(12)14-11/h2,4,7-8,10H,3,5-6H2,1H3. The van der Waals surface area contributed by atoms with Crippen molar-refractivity contribution in [2.24, 2.45) is 0 Å². The lowest BCUT2D eigenvalue weighted by Crippen LogP contribution is -2.18. The predicted octanol–water partition coefficient (Wildman–Crippen LogP) is 1.31. The molecule has 0 N–H and O–H groups in total. The maximum absolute atomic E-state index is 10.9. The number of aromatic nitrogens is 3. The van der Waals surface area contributed by atoms with Gasteiger partial charge in [-0.05, 0) is 38.6 Å². The third-order valence-corrected chi connectivity index (χ3v) is 3.35. The quantitative estimate of drug-likeness (QED) is 0.730. The molecule has 1 fully saturated rings. The van der Waals surface area contributed by atoms with E-state index >= 15 is 0 Å². The van der Waals surface area contributed by atoms with Crippen LogP contribution in [-0.2, 0) is 0 Å². The lowest BCUT2D eigenvalue weighted by Gasteiger charge is -2.15. The van der Waals surface area contributed by atoms with E-state index < -0.39 is 0 Å². The van der Waals surface area contributed by atoms with Crippen LogP contribution in [0.2, 0.25) is 0 Å². The van der Waals surface area contributed by atoms with E-state index in [0.717, 1.165) is 25.1 Å². The summed E-state index contributed by atoms with van der Waals surface area (Å²) in [7, 11) is 2.09. The van der Waals surface area contributed by atoms with Crippen LogP contribution in [0.25, 0.3) is 5.65 Å². The molecule has 88 valence electrons. The molecular formula is C12H14N4O. The summed E-state index contributed by atoms with van der Waals surface area (Å²) < 4.78 is 1.69. The number of fused-ring (bicyclic) bond motifs is 1. The van der Waals surface area contributed by atoms with Gasteiger partial charge in [0.25, 0.3) is 0 Å². The van der Waals surface area contributed by atoms with E-state index in [2.05, 4.69) is 22.0 Å². The highest BCUT2D eigenvalue weighted by molar-refractivity contribution is 5.83. The van der Waals surface area contributed by atoms with Crippen LogP contribution in [0.1, 0.15) is 35.1 Å². The zero-order valence-corrected chi connectivity index (χ0v) is 9.71. The predicted molar refractivity (Wildman–Crippen MR) is 63.0 cm³/mol. The molecule has 0 spiro atoms. The van der Waals surface area contributed by atoms with Gasteiger partial charge in [0.15, 0.2) is 17.8 Å². The number of hydrogen-bond donors (Lipinski definition) is 0. The fraction of sp³-hybridized carbons (Fsp3) is 0.417. The van der Waals surface area contributed by atoms with Gasteiger partial charge in [0.2, 0.25) is 0 Å². The molecule has 0 aliphatic carbocycles. The Labute approximate surface area is 99.1 Å². The second-order valence-corrected chi connectivity index (χ2v) is 4.46. The van der Waals surface area contributed by atoms with E-state index in [1.165, 1.54) is 6.42 Å². The number of likely N-dealkylation sites (tertiary alicyclic amines) is 1. The Bertz CT molecular complexity index is 563. The molecule has 1 aliphatic rings. The molecule has 3 rings (SSSR count). The minimum absolute atomic E-state index is 0.286. The number of pyridine rings is 1. The third kappa shape index (κ3) is 1.63. The van der Waals surface area contributed by atoms with Gasteiger partial charge in [-0.1, -0.05) is 0 Å². The van der Waals surface area contributed by atoms with Gasteiger partial charge in [0.05, 0.1) is 11.6 Å². The van der Waals surface area contributed by atoms with Crippen molar-refractivity contribution in [3.63, 3.8) is 0 Å². The second-order valence-electron chi connectivity index (χ2n) is 4.46. The first-order valence-electron chi connectivity index (χ1n) is 5.80. The number of hydrogen-bond acceptors (Lipinski definition) is 4. The molecule has 5 heteroatoms. The number of rotatable bonds is 2. The van der Waals surface area contributed by atoms with Gasteiger partial charge < -0.3 is 0 Å². The van der Waals surface area contributed by atoms with Gasteiger partial charge in [-0.15, -0.1) is 5.10 Å². The summed E-state index contributed by atoms with van der Waals surface area (Å²) in [6.07, 6.45) is 4.92. The van der Waals surface area contributed by atoms with E-state index in [1.54, 1.807) is 10.6 Å². The van der Waals surface area contributed by atoms with Gasteiger partial charge in [-0.2, -0.15) is 0 Å². The van der Waals surface area contributed by atoms with Crippen molar-refractivity contribution in [3.05, 3.63) is 29.7 Å². The highest BCUT2D eigenvalue weighted by Gasteiger charge is 2.26. The van der Waals surface area contributed by atoms with Crippen molar-refractivity contribution in [3.8, 4) is 0 Å². The Balaban J connectivity index is 2.10.